The number of ether oxygens (including phenoxy) is 7. The fourth-order valence-corrected chi connectivity index (χ4v) is 3.73. The Bertz CT molecular complexity index is 1420. The second-order valence-electron chi connectivity index (χ2n) is 9.71. The van der Waals surface area contributed by atoms with Crippen LogP contribution >= 0.6 is 0 Å². The summed E-state index contributed by atoms with van der Waals surface area (Å²) in [5.41, 5.74) is 1.74. The van der Waals surface area contributed by atoms with Gasteiger partial charge in [0, 0.05) is 5.56 Å². The Kier molecular flexibility index (Phi) is 18.3. The van der Waals surface area contributed by atoms with Gasteiger partial charge in [-0.1, -0.05) is 30.3 Å². The predicted octanol–water partition coefficient (Wildman–Crippen LogP) is 3.52. The van der Waals surface area contributed by atoms with Gasteiger partial charge >= 0.3 is 23.9 Å². The summed E-state index contributed by atoms with van der Waals surface area (Å²) in [6.45, 7) is 1.49. The molecule has 0 radical (unpaired) electrons. The number of rotatable bonds is 24. The van der Waals surface area contributed by atoms with Crippen molar-refractivity contribution in [2.75, 3.05) is 79.3 Å². The molecule has 14 heteroatoms. The summed E-state index contributed by atoms with van der Waals surface area (Å²) >= 11 is 0. The van der Waals surface area contributed by atoms with Gasteiger partial charge in [-0.3, -0.25) is 4.79 Å². The first-order valence-corrected chi connectivity index (χ1v) is 15.3. The first-order chi connectivity index (χ1) is 24.0. The molecule has 0 heterocycles. The largest absolute Gasteiger partial charge is 0.460 e. The van der Waals surface area contributed by atoms with Gasteiger partial charge in [0.15, 0.2) is 0 Å². The van der Waals surface area contributed by atoms with E-state index < -0.39 is 23.9 Å². The van der Waals surface area contributed by atoms with Crippen LogP contribution in [0.1, 0.15) is 51.8 Å². The average molecular weight is 683 g/mol. The molecule has 0 atom stereocenters. The average Bonchev–Trinajstić information content (AvgIpc) is 3.14. The van der Waals surface area contributed by atoms with Crippen LogP contribution in [0.2, 0.25) is 0 Å². The maximum Gasteiger partial charge on any atom is 0.338 e. The Hall–Kier alpha value is -4.99. The fourth-order valence-electron chi connectivity index (χ4n) is 3.73. The summed E-state index contributed by atoms with van der Waals surface area (Å²) in [4.78, 5) is 68.8. The minimum Gasteiger partial charge on any atom is -0.460 e. The molecule has 0 aromatic heterocycles. The molecule has 262 valence electrons. The molecular formula is C35H38O14. The highest BCUT2D eigenvalue weighted by Gasteiger charge is 2.12. The van der Waals surface area contributed by atoms with Crippen LogP contribution in [0, 0.1) is 0 Å². The van der Waals surface area contributed by atoms with Crippen molar-refractivity contribution in [3.8, 4) is 0 Å². The number of benzene rings is 3. The van der Waals surface area contributed by atoms with Gasteiger partial charge in [-0.15, -0.1) is 0 Å². The molecule has 14 nitrogen and oxygen atoms in total. The third kappa shape index (κ3) is 15.6. The Morgan fingerprint density at radius 3 is 1.04 bits per heavy atom. The highest BCUT2D eigenvalue weighted by Crippen LogP contribution is 2.08. The lowest BCUT2D eigenvalue weighted by Gasteiger charge is -2.09. The van der Waals surface area contributed by atoms with E-state index in [1.54, 1.807) is 24.3 Å². The fraction of sp³-hybridized carbons (Fsp3) is 0.343. The molecule has 0 unspecified atom stereocenters. The van der Waals surface area contributed by atoms with Gasteiger partial charge in [0.05, 0.1) is 61.9 Å². The van der Waals surface area contributed by atoms with Crippen LogP contribution in [0.15, 0.2) is 78.9 Å². The second-order valence-corrected chi connectivity index (χ2v) is 9.71. The van der Waals surface area contributed by atoms with Crippen molar-refractivity contribution < 1.29 is 66.9 Å². The zero-order chi connectivity index (χ0) is 34.9. The number of esters is 4. The van der Waals surface area contributed by atoms with E-state index in [-0.39, 0.29) is 90.4 Å². The van der Waals surface area contributed by atoms with Crippen molar-refractivity contribution in [2.24, 2.45) is 0 Å². The maximum absolute atomic E-state index is 12.2. The highest BCUT2D eigenvalue weighted by molar-refractivity contribution is 5.93. The summed E-state index contributed by atoms with van der Waals surface area (Å²) < 4.78 is 36.4. The topological polar surface area (TPSA) is 168 Å². The molecule has 0 saturated carbocycles. The van der Waals surface area contributed by atoms with Gasteiger partial charge in [0.1, 0.15) is 45.9 Å². The summed E-state index contributed by atoms with van der Waals surface area (Å²) in [6.07, 6.45) is 0.680. The minimum absolute atomic E-state index is 0.00607. The Balaban J connectivity index is 1.11. The van der Waals surface area contributed by atoms with Crippen molar-refractivity contribution in [3.63, 3.8) is 0 Å². The Labute approximate surface area is 283 Å². The van der Waals surface area contributed by atoms with Crippen LogP contribution in [0.5, 0.6) is 0 Å². The van der Waals surface area contributed by atoms with Crippen LogP contribution in [0.3, 0.4) is 0 Å². The molecule has 49 heavy (non-hydrogen) atoms. The third-order valence-electron chi connectivity index (χ3n) is 6.20. The van der Waals surface area contributed by atoms with Crippen LogP contribution in [-0.2, 0) is 42.9 Å². The number of aldehydes is 1. The van der Waals surface area contributed by atoms with Gasteiger partial charge < -0.3 is 33.2 Å². The van der Waals surface area contributed by atoms with E-state index in [4.69, 9.17) is 42.9 Å². The molecule has 3 rings (SSSR count). The maximum atomic E-state index is 12.2. The summed E-state index contributed by atoms with van der Waals surface area (Å²) in [5, 5.41) is 0. The van der Waals surface area contributed by atoms with Crippen molar-refractivity contribution >= 4 is 30.2 Å². The standard InChI is InChI=1S/C35H38O14/c36-26-27-6-8-29(9-7-27)33(38)45-20-14-41-15-21-46-34(39)30-10-12-31(13-11-30)35(40)47-23-17-43-19-25-49-48-24-18-42-16-22-44-32(37)28-4-2-1-3-5-28/h1-13,26H,14-25H2. The van der Waals surface area contributed by atoms with Crippen molar-refractivity contribution in [2.45, 2.75) is 0 Å². The molecular weight excluding hydrogens is 644 g/mol. The number of hydrogen-bond donors (Lipinski definition) is 0. The van der Waals surface area contributed by atoms with E-state index in [9.17, 15) is 24.0 Å². The van der Waals surface area contributed by atoms with E-state index in [2.05, 4.69) is 0 Å². The third-order valence-corrected chi connectivity index (χ3v) is 6.20. The molecule has 0 N–H and O–H groups in total. The zero-order valence-corrected chi connectivity index (χ0v) is 26.8. The molecule has 0 amide bonds. The zero-order valence-electron chi connectivity index (χ0n) is 26.8. The van der Waals surface area contributed by atoms with Gasteiger partial charge in [-0.2, -0.15) is 0 Å². The van der Waals surface area contributed by atoms with Crippen LogP contribution < -0.4 is 0 Å². The molecule has 0 bridgehead atoms. The molecule has 0 fully saturated rings. The predicted molar refractivity (Wildman–Crippen MR) is 170 cm³/mol. The van der Waals surface area contributed by atoms with E-state index >= 15 is 0 Å². The minimum atomic E-state index is -0.595. The first-order valence-electron chi connectivity index (χ1n) is 15.3. The Morgan fingerprint density at radius 1 is 0.388 bits per heavy atom. The lowest BCUT2D eigenvalue weighted by molar-refractivity contribution is -0.303. The van der Waals surface area contributed by atoms with E-state index in [1.165, 1.54) is 48.5 Å². The summed E-state index contributed by atoms with van der Waals surface area (Å²) in [6, 6.07) is 20.5. The quantitative estimate of drug-likeness (QED) is 0.0336. The highest BCUT2D eigenvalue weighted by atomic mass is 17.2. The molecule has 0 spiro atoms. The second kappa shape index (κ2) is 23.4. The lowest BCUT2D eigenvalue weighted by atomic mass is 10.1. The monoisotopic (exact) mass is 682 g/mol. The number of carbonyl (C=O) groups excluding carboxylic acids is 5. The van der Waals surface area contributed by atoms with Gasteiger partial charge in [0.25, 0.3) is 0 Å². The normalized spacial score (nSPS) is 10.6. The number of carbonyl (C=O) groups is 5. The van der Waals surface area contributed by atoms with E-state index in [1.807, 2.05) is 6.07 Å². The van der Waals surface area contributed by atoms with Crippen LogP contribution in [0.25, 0.3) is 0 Å². The van der Waals surface area contributed by atoms with E-state index in [0.29, 0.717) is 23.0 Å². The van der Waals surface area contributed by atoms with Crippen LogP contribution in [0.4, 0.5) is 0 Å². The first kappa shape index (κ1) is 38.5. The molecule has 0 aliphatic heterocycles. The SMILES string of the molecule is O=Cc1ccc(C(=O)OCCOCCOC(=O)c2ccc(C(=O)OCCOCCOOCCOCCOC(=O)c3ccccc3)cc2)cc1. The van der Waals surface area contributed by atoms with Gasteiger partial charge in [-0.25, -0.2) is 29.0 Å². The molecule has 0 aliphatic rings. The molecule has 0 aliphatic carbocycles. The summed E-state index contributed by atoms with van der Waals surface area (Å²) in [7, 11) is 0. The summed E-state index contributed by atoms with van der Waals surface area (Å²) in [5.74, 6) is -2.13. The molecule has 3 aromatic rings. The number of hydrogen-bond acceptors (Lipinski definition) is 14. The van der Waals surface area contributed by atoms with Crippen LogP contribution in [-0.4, -0.2) is 109 Å². The van der Waals surface area contributed by atoms with E-state index in [0.717, 1.165) is 0 Å². The van der Waals surface area contributed by atoms with Crippen molar-refractivity contribution in [1.29, 1.82) is 0 Å². The molecule has 3 aromatic carbocycles. The van der Waals surface area contributed by atoms with Gasteiger partial charge in [0.2, 0.25) is 0 Å². The molecule has 0 saturated heterocycles. The van der Waals surface area contributed by atoms with Gasteiger partial charge in [-0.05, 0) is 48.5 Å². The van der Waals surface area contributed by atoms with Crippen molar-refractivity contribution in [3.05, 3.63) is 107 Å². The smallest absolute Gasteiger partial charge is 0.338 e. The Morgan fingerprint density at radius 2 is 0.694 bits per heavy atom. The lowest BCUT2D eigenvalue weighted by Crippen LogP contribution is -2.15. The van der Waals surface area contributed by atoms with Crippen molar-refractivity contribution in [1.82, 2.24) is 0 Å².